The molecule has 0 bridgehead atoms. The van der Waals surface area contributed by atoms with Gasteiger partial charge in [-0.05, 0) is 26.3 Å². The third-order valence-corrected chi connectivity index (χ3v) is 4.30. The lowest BCUT2D eigenvalue weighted by Crippen LogP contribution is -2.37. The highest BCUT2D eigenvalue weighted by atomic mass is 16.5. The van der Waals surface area contributed by atoms with Gasteiger partial charge in [-0.3, -0.25) is 9.59 Å². The second-order valence-corrected chi connectivity index (χ2v) is 5.75. The third kappa shape index (κ3) is 4.48. The summed E-state index contributed by atoms with van der Waals surface area (Å²) in [6.07, 6.45) is 0.318. The Morgan fingerprint density at radius 1 is 1.12 bits per heavy atom. The predicted octanol–water partition coefficient (Wildman–Crippen LogP) is 1.98. The second-order valence-electron chi connectivity index (χ2n) is 5.75. The number of carbonyl (C=O) groups is 3. The number of esters is 1. The molecule has 1 aromatic rings. The topological polar surface area (TPSA) is 77.8 Å². The van der Waals surface area contributed by atoms with Crippen LogP contribution in [0.2, 0.25) is 0 Å². The van der Waals surface area contributed by atoms with Crippen molar-refractivity contribution in [1.82, 2.24) is 9.47 Å². The van der Waals surface area contributed by atoms with Crippen LogP contribution in [-0.4, -0.2) is 61.0 Å². The molecule has 1 rings (SSSR count). The van der Waals surface area contributed by atoms with Crippen LogP contribution in [0.4, 0.5) is 0 Å². The van der Waals surface area contributed by atoms with Crippen LogP contribution in [0, 0.1) is 13.8 Å². The Hall–Kier alpha value is -2.15. The molecule has 1 heterocycles. The molecule has 1 amide bonds. The zero-order valence-electron chi connectivity index (χ0n) is 16.0. The van der Waals surface area contributed by atoms with Crippen molar-refractivity contribution in [3.8, 4) is 0 Å². The molecule has 0 aromatic carbocycles. The Kier molecular flexibility index (Phi) is 7.83. The first-order chi connectivity index (χ1) is 11.8. The number of hydrogen-bond acceptors (Lipinski definition) is 5. The van der Waals surface area contributed by atoms with Gasteiger partial charge in [-0.15, -0.1) is 0 Å². The molecule has 0 saturated carbocycles. The van der Waals surface area contributed by atoms with E-state index in [0.717, 1.165) is 0 Å². The fourth-order valence-corrected chi connectivity index (χ4v) is 3.03. The molecule has 0 unspecified atom stereocenters. The molecule has 0 aliphatic rings. The molecular weight excluding hydrogens is 324 g/mol. The van der Waals surface area contributed by atoms with Gasteiger partial charge in [0.25, 0.3) is 0 Å². The number of methoxy groups -OCH3 is 2. The van der Waals surface area contributed by atoms with Crippen molar-refractivity contribution in [2.24, 2.45) is 0 Å². The summed E-state index contributed by atoms with van der Waals surface area (Å²) in [6.45, 7) is 8.42. The van der Waals surface area contributed by atoms with Crippen LogP contribution >= 0.6 is 0 Å². The Labute approximate surface area is 148 Å². The van der Waals surface area contributed by atoms with E-state index >= 15 is 0 Å². The smallest absolute Gasteiger partial charge is 0.354 e. The summed E-state index contributed by atoms with van der Waals surface area (Å²) < 4.78 is 11.6. The van der Waals surface area contributed by atoms with E-state index in [1.165, 1.54) is 12.0 Å². The largest absolute Gasteiger partial charge is 0.464 e. The molecule has 0 fully saturated rings. The molecule has 0 saturated heterocycles. The van der Waals surface area contributed by atoms with E-state index in [4.69, 9.17) is 9.47 Å². The lowest BCUT2D eigenvalue weighted by Gasteiger charge is -2.21. The van der Waals surface area contributed by atoms with Crippen molar-refractivity contribution < 1.29 is 23.9 Å². The number of ketones is 1. The second kappa shape index (κ2) is 9.36. The minimum absolute atomic E-state index is 0.0357. The van der Waals surface area contributed by atoms with Gasteiger partial charge >= 0.3 is 5.97 Å². The molecule has 0 spiro atoms. The number of rotatable bonds is 9. The first-order valence-electron chi connectivity index (χ1n) is 8.41. The summed E-state index contributed by atoms with van der Waals surface area (Å²) in [5.74, 6) is -0.767. The lowest BCUT2D eigenvalue weighted by atomic mass is 10.1. The van der Waals surface area contributed by atoms with Gasteiger partial charge in [-0.25, -0.2) is 4.79 Å². The van der Waals surface area contributed by atoms with Crippen LogP contribution in [0.1, 0.15) is 52.4 Å². The highest BCUT2D eigenvalue weighted by Gasteiger charge is 2.27. The lowest BCUT2D eigenvalue weighted by molar-refractivity contribution is -0.131. The zero-order valence-corrected chi connectivity index (χ0v) is 16.0. The van der Waals surface area contributed by atoms with Gasteiger partial charge in [-0.2, -0.15) is 0 Å². The summed E-state index contributed by atoms with van der Waals surface area (Å²) in [4.78, 5) is 38.5. The van der Waals surface area contributed by atoms with Crippen molar-refractivity contribution in [3.05, 3.63) is 22.5 Å². The Morgan fingerprint density at radius 3 is 2.24 bits per heavy atom. The van der Waals surface area contributed by atoms with E-state index in [1.807, 2.05) is 6.92 Å². The molecule has 140 valence electrons. The van der Waals surface area contributed by atoms with Gasteiger partial charge in [0.1, 0.15) is 5.69 Å². The molecule has 1 aromatic heterocycles. The molecule has 25 heavy (non-hydrogen) atoms. The highest BCUT2D eigenvalue weighted by Crippen LogP contribution is 2.24. The molecule has 0 radical (unpaired) electrons. The van der Waals surface area contributed by atoms with E-state index in [2.05, 4.69) is 0 Å². The number of Topliss-reactive ketones (excluding diaryl/α,β-unsaturated/α-hetero) is 1. The first-order valence-corrected chi connectivity index (χ1v) is 8.41. The Morgan fingerprint density at radius 2 is 1.76 bits per heavy atom. The van der Waals surface area contributed by atoms with Gasteiger partial charge < -0.3 is 18.9 Å². The predicted molar refractivity (Wildman–Crippen MR) is 94.0 cm³/mol. The summed E-state index contributed by atoms with van der Waals surface area (Å²) >= 11 is 0. The van der Waals surface area contributed by atoms with Crippen molar-refractivity contribution >= 4 is 17.7 Å². The Bertz CT molecular complexity index is 648. The average Bonchev–Trinajstić information content (AvgIpc) is 2.86. The molecule has 0 aliphatic heterocycles. The standard InChI is InChI=1S/C18H28N2O5/c1-7-15(22)19(9-10-24-5)11-14(21)16-12(3)17(18(23)25-6)20(8-2)13(16)4/h7-11H2,1-6H3. The molecule has 7 heteroatoms. The van der Waals surface area contributed by atoms with E-state index in [9.17, 15) is 14.4 Å². The number of aromatic nitrogens is 1. The van der Waals surface area contributed by atoms with Crippen molar-refractivity contribution in [1.29, 1.82) is 0 Å². The normalized spacial score (nSPS) is 10.6. The van der Waals surface area contributed by atoms with Crippen LogP contribution in [-0.2, 0) is 20.8 Å². The van der Waals surface area contributed by atoms with Gasteiger partial charge in [0, 0.05) is 37.9 Å². The maximum absolute atomic E-state index is 12.9. The minimum atomic E-state index is -0.470. The molecular formula is C18H28N2O5. The van der Waals surface area contributed by atoms with E-state index in [1.54, 1.807) is 32.4 Å². The van der Waals surface area contributed by atoms with E-state index in [-0.39, 0.29) is 18.2 Å². The highest BCUT2D eigenvalue weighted by molar-refractivity contribution is 6.04. The number of hydrogen-bond donors (Lipinski definition) is 0. The summed E-state index contributed by atoms with van der Waals surface area (Å²) in [5, 5.41) is 0. The van der Waals surface area contributed by atoms with Crippen LogP contribution in [0.5, 0.6) is 0 Å². The number of amides is 1. The SMILES string of the molecule is CCC(=O)N(CCOC)CC(=O)c1c(C)c(C(=O)OC)n(CC)c1C. The van der Waals surface area contributed by atoms with Crippen molar-refractivity contribution in [2.75, 3.05) is 33.9 Å². The summed E-state index contributed by atoms with van der Waals surface area (Å²) in [6, 6.07) is 0. The maximum Gasteiger partial charge on any atom is 0.354 e. The van der Waals surface area contributed by atoms with E-state index in [0.29, 0.717) is 48.6 Å². The maximum atomic E-state index is 12.9. The number of carbonyl (C=O) groups excluding carboxylic acids is 3. The van der Waals surface area contributed by atoms with Crippen molar-refractivity contribution in [2.45, 2.75) is 40.7 Å². The summed E-state index contributed by atoms with van der Waals surface area (Å²) in [5.41, 5.74) is 2.16. The Balaban J connectivity index is 3.22. The van der Waals surface area contributed by atoms with Gasteiger partial charge in [0.15, 0.2) is 5.78 Å². The van der Waals surface area contributed by atoms with Crippen molar-refractivity contribution in [3.63, 3.8) is 0 Å². The van der Waals surface area contributed by atoms with Gasteiger partial charge in [0.05, 0.1) is 20.3 Å². The molecule has 0 aliphatic carbocycles. The first kappa shape index (κ1) is 20.9. The fraction of sp³-hybridized carbons (Fsp3) is 0.611. The van der Waals surface area contributed by atoms with Crippen LogP contribution in [0.25, 0.3) is 0 Å². The van der Waals surface area contributed by atoms with Crippen LogP contribution < -0.4 is 0 Å². The van der Waals surface area contributed by atoms with Gasteiger partial charge in [-0.1, -0.05) is 6.92 Å². The molecule has 0 N–H and O–H groups in total. The average molecular weight is 352 g/mol. The quantitative estimate of drug-likeness (QED) is 0.502. The van der Waals surface area contributed by atoms with E-state index < -0.39 is 5.97 Å². The van der Waals surface area contributed by atoms with Gasteiger partial charge in [0.2, 0.25) is 5.91 Å². The molecule has 0 atom stereocenters. The summed E-state index contributed by atoms with van der Waals surface area (Å²) in [7, 11) is 2.87. The monoisotopic (exact) mass is 352 g/mol. The fourth-order valence-electron chi connectivity index (χ4n) is 3.03. The van der Waals surface area contributed by atoms with Crippen LogP contribution in [0.15, 0.2) is 0 Å². The van der Waals surface area contributed by atoms with Crippen LogP contribution in [0.3, 0.4) is 0 Å². The third-order valence-electron chi connectivity index (χ3n) is 4.30. The number of ether oxygens (including phenoxy) is 2. The molecule has 7 nitrogen and oxygen atoms in total. The zero-order chi connectivity index (χ0) is 19.1. The minimum Gasteiger partial charge on any atom is -0.464 e. The number of nitrogens with zero attached hydrogens (tertiary/aromatic N) is 2.